The highest BCUT2D eigenvalue weighted by molar-refractivity contribution is 5.93. The molecular weight excluding hydrogens is 216 g/mol. The van der Waals surface area contributed by atoms with Gasteiger partial charge < -0.3 is 19.6 Å². The molecule has 1 saturated heterocycles. The lowest BCUT2D eigenvalue weighted by atomic mass is 10.3. The molecule has 0 aromatic heterocycles. The van der Waals surface area contributed by atoms with E-state index in [4.69, 9.17) is 5.11 Å². The fourth-order valence-electron chi connectivity index (χ4n) is 1.51. The topological polar surface area (TPSA) is 87.2 Å². The molecule has 0 spiro atoms. The molecule has 1 rings (SSSR count). The number of carbonyl (C=O) groups excluding carboxylic acids is 2. The van der Waals surface area contributed by atoms with E-state index >= 15 is 0 Å². The van der Waals surface area contributed by atoms with Crippen LogP contribution in [0.4, 0.5) is 4.79 Å². The van der Waals surface area contributed by atoms with E-state index in [0.29, 0.717) is 26.2 Å². The number of hydrogen-bond acceptors (Lipinski definition) is 4. The third-order valence-electron chi connectivity index (χ3n) is 2.37. The lowest BCUT2D eigenvalue weighted by Crippen LogP contribution is -2.50. The van der Waals surface area contributed by atoms with E-state index in [1.54, 1.807) is 0 Å². The Balaban J connectivity index is 2.40. The van der Waals surface area contributed by atoms with E-state index in [1.165, 1.54) is 16.9 Å². The van der Waals surface area contributed by atoms with Crippen LogP contribution in [-0.4, -0.2) is 66.2 Å². The molecule has 2 amide bonds. The van der Waals surface area contributed by atoms with Gasteiger partial charge in [0.1, 0.15) is 6.42 Å². The molecule has 0 radical (unpaired) electrons. The lowest BCUT2D eigenvalue weighted by Gasteiger charge is -2.33. The largest absolute Gasteiger partial charge is 0.481 e. The summed E-state index contributed by atoms with van der Waals surface area (Å²) in [7, 11) is 1.30. The van der Waals surface area contributed by atoms with Crippen molar-refractivity contribution in [3.8, 4) is 0 Å². The summed E-state index contributed by atoms with van der Waals surface area (Å²) in [6, 6.07) is 0. The predicted octanol–water partition coefficient (Wildman–Crippen LogP) is -0.628. The summed E-state index contributed by atoms with van der Waals surface area (Å²) in [4.78, 5) is 35.7. The second kappa shape index (κ2) is 5.34. The third-order valence-corrected chi connectivity index (χ3v) is 2.37. The van der Waals surface area contributed by atoms with Crippen molar-refractivity contribution >= 4 is 18.0 Å². The summed E-state index contributed by atoms with van der Waals surface area (Å²) >= 11 is 0. The van der Waals surface area contributed by atoms with E-state index in [9.17, 15) is 14.4 Å². The number of piperazine rings is 1. The molecule has 0 bridgehead atoms. The van der Waals surface area contributed by atoms with Gasteiger partial charge in [0.2, 0.25) is 5.91 Å². The predicted molar refractivity (Wildman–Crippen MR) is 52.8 cm³/mol. The molecule has 0 aliphatic carbocycles. The Morgan fingerprint density at radius 1 is 1.12 bits per heavy atom. The Bertz CT molecular complexity index is 296. The minimum absolute atomic E-state index is 0.348. The van der Waals surface area contributed by atoms with Crippen LogP contribution >= 0.6 is 0 Å². The van der Waals surface area contributed by atoms with E-state index in [1.807, 2.05) is 0 Å². The summed E-state index contributed by atoms with van der Waals surface area (Å²) < 4.78 is 4.54. The molecule has 0 atom stereocenters. The number of nitrogens with zero attached hydrogens (tertiary/aromatic N) is 2. The molecule has 0 unspecified atom stereocenters. The standard InChI is InChI=1S/C9H14N2O5/c1-16-9(15)11-4-2-10(3-5-11)7(12)6-8(13)14/h2-6H2,1H3,(H,13,14). The van der Waals surface area contributed by atoms with Crippen LogP contribution < -0.4 is 0 Å². The van der Waals surface area contributed by atoms with Gasteiger partial charge in [-0.2, -0.15) is 0 Å². The fourth-order valence-corrected chi connectivity index (χ4v) is 1.51. The number of amides is 2. The molecule has 0 saturated carbocycles. The number of rotatable bonds is 2. The normalized spacial score (nSPS) is 15.8. The SMILES string of the molecule is COC(=O)N1CCN(C(=O)CC(=O)O)CC1. The molecule has 7 heteroatoms. The van der Waals surface area contributed by atoms with E-state index < -0.39 is 24.4 Å². The van der Waals surface area contributed by atoms with Gasteiger partial charge >= 0.3 is 12.1 Å². The van der Waals surface area contributed by atoms with Gasteiger partial charge in [0, 0.05) is 26.2 Å². The fraction of sp³-hybridized carbons (Fsp3) is 0.667. The smallest absolute Gasteiger partial charge is 0.409 e. The van der Waals surface area contributed by atoms with Gasteiger partial charge in [-0.15, -0.1) is 0 Å². The highest BCUT2D eigenvalue weighted by Crippen LogP contribution is 2.05. The van der Waals surface area contributed by atoms with Crippen molar-refractivity contribution in [2.45, 2.75) is 6.42 Å². The molecule has 7 nitrogen and oxygen atoms in total. The van der Waals surface area contributed by atoms with Crippen LogP contribution in [0.25, 0.3) is 0 Å². The number of aliphatic carboxylic acids is 1. The quantitative estimate of drug-likeness (QED) is 0.638. The van der Waals surface area contributed by atoms with Crippen LogP contribution in [0.2, 0.25) is 0 Å². The van der Waals surface area contributed by atoms with Gasteiger partial charge in [-0.1, -0.05) is 0 Å². The molecule has 1 N–H and O–H groups in total. The summed E-state index contributed by atoms with van der Waals surface area (Å²) in [6.07, 6.45) is -0.927. The molecule has 1 fully saturated rings. The first-order valence-electron chi connectivity index (χ1n) is 4.87. The van der Waals surface area contributed by atoms with E-state index in [2.05, 4.69) is 4.74 Å². The van der Waals surface area contributed by atoms with Crippen molar-refractivity contribution in [1.82, 2.24) is 9.80 Å². The Morgan fingerprint density at radius 2 is 1.62 bits per heavy atom. The summed E-state index contributed by atoms with van der Waals surface area (Å²) in [5, 5.41) is 8.46. The Morgan fingerprint density at radius 3 is 2.06 bits per heavy atom. The minimum atomic E-state index is -1.14. The first-order chi connectivity index (χ1) is 7.54. The van der Waals surface area contributed by atoms with Crippen LogP contribution in [0.15, 0.2) is 0 Å². The average molecular weight is 230 g/mol. The summed E-state index contributed by atoms with van der Waals surface area (Å²) in [5.41, 5.74) is 0. The molecule has 1 heterocycles. The second-order valence-electron chi connectivity index (χ2n) is 3.41. The number of carboxylic acid groups (broad SMARTS) is 1. The van der Waals surface area contributed by atoms with Crippen molar-refractivity contribution < 1.29 is 24.2 Å². The molecule has 90 valence electrons. The number of ether oxygens (including phenoxy) is 1. The van der Waals surface area contributed by atoms with Gasteiger partial charge in [0.25, 0.3) is 0 Å². The van der Waals surface area contributed by atoms with Crippen LogP contribution in [0.3, 0.4) is 0 Å². The third kappa shape index (κ3) is 3.11. The molecule has 0 aromatic carbocycles. The molecule has 1 aliphatic heterocycles. The van der Waals surface area contributed by atoms with Crippen LogP contribution in [0.5, 0.6) is 0 Å². The molecular formula is C9H14N2O5. The summed E-state index contributed by atoms with van der Waals surface area (Å²) in [5.74, 6) is -1.56. The Labute approximate surface area is 92.6 Å². The maximum atomic E-state index is 11.4. The van der Waals surface area contributed by atoms with E-state index in [-0.39, 0.29) is 0 Å². The van der Waals surface area contributed by atoms with Crippen molar-refractivity contribution in [2.24, 2.45) is 0 Å². The van der Waals surface area contributed by atoms with Gasteiger partial charge in [0.15, 0.2) is 0 Å². The van der Waals surface area contributed by atoms with Crippen LogP contribution in [0, 0.1) is 0 Å². The monoisotopic (exact) mass is 230 g/mol. The summed E-state index contributed by atoms with van der Waals surface area (Å²) in [6.45, 7) is 1.44. The molecule has 0 aromatic rings. The second-order valence-corrected chi connectivity index (χ2v) is 3.41. The maximum absolute atomic E-state index is 11.4. The van der Waals surface area contributed by atoms with Crippen molar-refractivity contribution in [1.29, 1.82) is 0 Å². The highest BCUT2D eigenvalue weighted by atomic mass is 16.5. The van der Waals surface area contributed by atoms with Gasteiger partial charge in [-0.25, -0.2) is 4.79 Å². The van der Waals surface area contributed by atoms with E-state index in [0.717, 1.165) is 0 Å². The maximum Gasteiger partial charge on any atom is 0.409 e. The first kappa shape index (κ1) is 12.3. The number of carboxylic acids is 1. The zero-order valence-electron chi connectivity index (χ0n) is 9.01. The van der Waals surface area contributed by atoms with Crippen LogP contribution in [0.1, 0.15) is 6.42 Å². The van der Waals surface area contributed by atoms with Crippen molar-refractivity contribution in [3.63, 3.8) is 0 Å². The molecule has 1 aliphatic rings. The van der Waals surface area contributed by atoms with Crippen molar-refractivity contribution in [3.05, 3.63) is 0 Å². The van der Waals surface area contributed by atoms with Gasteiger partial charge in [0.05, 0.1) is 7.11 Å². The highest BCUT2D eigenvalue weighted by Gasteiger charge is 2.25. The first-order valence-corrected chi connectivity index (χ1v) is 4.87. The van der Waals surface area contributed by atoms with Gasteiger partial charge in [-0.3, -0.25) is 9.59 Å². The minimum Gasteiger partial charge on any atom is -0.481 e. The van der Waals surface area contributed by atoms with Crippen molar-refractivity contribution in [2.75, 3.05) is 33.3 Å². The number of carbonyl (C=O) groups is 3. The zero-order chi connectivity index (χ0) is 12.1. The average Bonchev–Trinajstić information content (AvgIpc) is 2.27. The van der Waals surface area contributed by atoms with Gasteiger partial charge in [-0.05, 0) is 0 Å². The lowest BCUT2D eigenvalue weighted by molar-refractivity contribution is -0.144. The zero-order valence-corrected chi connectivity index (χ0v) is 9.01. The number of methoxy groups -OCH3 is 1. The number of hydrogen-bond donors (Lipinski definition) is 1. The Kier molecular flexibility index (Phi) is 4.10. The Hall–Kier alpha value is -1.79. The molecule has 16 heavy (non-hydrogen) atoms. The van der Waals surface area contributed by atoms with Crippen LogP contribution in [-0.2, 0) is 14.3 Å².